The maximum atomic E-state index is 11.7. The van der Waals surface area contributed by atoms with Crippen molar-refractivity contribution in [2.75, 3.05) is 24.6 Å². The van der Waals surface area contributed by atoms with Gasteiger partial charge in [0.1, 0.15) is 0 Å². The molecule has 2 aliphatic heterocycles. The Morgan fingerprint density at radius 2 is 1.86 bits per heavy atom. The van der Waals surface area contributed by atoms with Crippen LogP contribution in [0.25, 0.3) is 0 Å². The molecule has 0 bridgehead atoms. The summed E-state index contributed by atoms with van der Waals surface area (Å²) in [4.78, 5) is 13.7. The summed E-state index contributed by atoms with van der Waals surface area (Å²) < 4.78 is 0. The molecule has 0 radical (unpaired) electrons. The predicted molar refractivity (Wildman–Crippen MR) is 59.7 cm³/mol. The van der Waals surface area contributed by atoms with Crippen LogP contribution in [-0.2, 0) is 0 Å². The molecule has 2 heterocycles. The molecule has 0 aliphatic carbocycles. The third kappa shape index (κ3) is 2.56. The van der Waals surface area contributed by atoms with E-state index >= 15 is 0 Å². The van der Waals surface area contributed by atoms with Gasteiger partial charge in [0.05, 0.1) is 0 Å². The van der Waals surface area contributed by atoms with Crippen LogP contribution in [0.2, 0.25) is 0 Å². The highest BCUT2D eigenvalue weighted by atomic mass is 32.2. The van der Waals surface area contributed by atoms with Crippen LogP contribution < -0.4 is 5.32 Å². The van der Waals surface area contributed by atoms with Crippen LogP contribution in [0, 0.1) is 0 Å². The molecule has 0 aromatic rings. The van der Waals surface area contributed by atoms with Gasteiger partial charge >= 0.3 is 6.03 Å². The number of urea groups is 1. The quantitative estimate of drug-likeness (QED) is 0.720. The molecule has 0 spiro atoms. The molecule has 2 fully saturated rings. The first-order chi connectivity index (χ1) is 6.86. The average molecular weight is 214 g/mol. The Morgan fingerprint density at radius 3 is 2.50 bits per heavy atom. The summed E-state index contributed by atoms with van der Waals surface area (Å²) >= 11 is 1.99. The molecular weight excluding hydrogens is 196 g/mol. The molecule has 2 saturated heterocycles. The van der Waals surface area contributed by atoms with Crippen molar-refractivity contribution in [2.45, 2.75) is 31.7 Å². The van der Waals surface area contributed by atoms with Crippen LogP contribution in [0.5, 0.6) is 0 Å². The summed E-state index contributed by atoms with van der Waals surface area (Å²) in [5, 5.41) is 3.13. The molecule has 14 heavy (non-hydrogen) atoms. The van der Waals surface area contributed by atoms with E-state index in [9.17, 15) is 4.79 Å². The van der Waals surface area contributed by atoms with E-state index < -0.39 is 0 Å². The van der Waals surface area contributed by atoms with Gasteiger partial charge in [0.2, 0.25) is 0 Å². The smallest absolute Gasteiger partial charge is 0.317 e. The molecule has 0 aromatic carbocycles. The van der Waals surface area contributed by atoms with E-state index in [1.807, 2.05) is 16.7 Å². The Morgan fingerprint density at radius 1 is 1.21 bits per heavy atom. The van der Waals surface area contributed by atoms with Crippen LogP contribution in [-0.4, -0.2) is 41.6 Å². The number of hydrogen-bond donors (Lipinski definition) is 1. The van der Waals surface area contributed by atoms with Gasteiger partial charge in [-0.05, 0) is 37.2 Å². The van der Waals surface area contributed by atoms with Crippen molar-refractivity contribution in [1.82, 2.24) is 10.2 Å². The first-order valence-corrected chi connectivity index (χ1v) is 6.65. The van der Waals surface area contributed by atoms with E-state index in [1.165, 1.54) is 24.3 Å². The van der Waals surface area contributed by atoms with Crippen LogP contribution >= 0.6 is 11.8 Å². The first-order valence-electron chi connectivity index (χ1n) is 5.49. The minimum Gasteiger partial charge on any atom is -0.335 e. The maximum Gasteiger partial charge on any atom is 0.317 e. The third-order valence-electron chi connectivity index (χ3n) is 2.94. The fourth-order valence-electron chi connectivity index (χ4n) is 2.03. The summed E-state index contributed by atoms with van der Waals surface area (Å²) in [5.74, 6) is 2.40. The minimum absolute atomic E-state index is 0.166. The third-order valence-corrected chi connectivity index (χ3v) is 3.99. The highest BCUT2D eigenvalue weighted by Crippen LogP contribution is 2.17. The van der Waals surface area contributed by atoms with Gasteiger partial charge in [-0.15, -0.1) is 0 Å². The van der Waals surface area contributed by atoms with E-state index in [-0.39, 0.29) is 6.03 Å². The molecule has 0 atom stereocenters. The summed E-state index contributed by atoms with van der Waals surface area (Å²) in [6.45, 7) is 1.90. The molecule has 2 amide bonds. The fourth-order valence-corrected chi connectivity index (χ4v) is 3.13. The van der Waals surface area contributed by atoms with Crippen LogP contribution in [0.15, 0.2) is 0 Å². The topological polar surface area (TPSA) is 32.3 Å². The van der Waals surface area contributed by atoms with Crippen molar-refractivity contribution in [3.8, 4) is 0 Å². The molecule has 1 N–H and O–H groups in total. The standard InChI is InChI=1S/C10H18N2OS/c13-10(12-5-1-2-6-12)11-9-3-7-14-8-4-9/h9H,1-8H2,(H,11,13). The molecule has 80 valence electrons. The van der Waals surface area contributed by atoms with Crippen molar-refractivity contribution in [2.24, 2.45) is 0 Å². The lowest BCUT2D eigenvalue weighted by atomic mass is 10.2. The lowest BCUT2D eigenvalue weighted by molar-refractivity contribution is 0.203. The SMILES string of the molecule is O=C(NC1CCSCC1)N1CCCC1. The Bertz CT molecular complexity index is 198. The van der Waals surface area contributed by atoms with E-state index in [0.29, 0.717) is 6.04 Å². The Labute approximate surface area is 89.6 Å². The summed E-state index contributed by atoms with van der Waals surface area (Å²) in [7, 11) is 0. The Hall–Kier alpha value is -0.380. The lowest BCUT2D eigenvalue weighted by Crippen LogP contribution is -2.44. The first kappa shape index (κ1) is 10.1. The van der Waals surface area contributed by atoms with Gasteiger partial charge in [-0.2, -0.15) is 11.8 Å². The number of thioether (sulfide) groups is 1. The second-order valence-electron chi connectivity index (χ2n) is 4.03. The zero-order chi connectivity index (χ0) is 9.80. The van der Waals surface area contributed by atoms with Crippen molar-refractivity contribution in [3.05, 3.63) is 0 Å². The molecule has 0 saturated carbocycles. The molecule has 2 aliphatic rings. The number of nitrogens with zero attached hydrogens (tertiary/aromatic N) is 1. The van der Waals surface area contributed by atoms with Gasteiger partial charge < -0.3 is 10.2 Å². The van der Waals surface area contributed by atoms with Crippen molar-refractivity contribution >= 4 is 17.8 Å². The maximum absolute atomic E-state index is 11.7. The summed E-state index contributed by atoms with van der Waals surface area (Å²) in [5.41, 5.74) is 0. The van der Waals surface area contributed by atoms with Gasteiger partial charge in [-0.1, -0.05) is 0 Å². The van der Waals surface area contributed by atoms with Gasteiger partial charge in [0, 0.05) is 19.1 Å². The summed E-state index contributed by atoms with van der Waals surface area (Å²) in [6, 6.07) is 0.601. The van der Waals surface area contributed by atoms with Crippen LogP contribution in [0.4, 0.5) is 4.79 Å². The van der Waals surface area contributed by atoms with Crippen molar-refractivity contribution < 1.29 is 4.79 Å². The predicted octanol–water partition coefficient (Wildman–Crippen LogP) is 1.69. The molecule has 3 nitrogen and oxygen atoms in total. The van der Waals surface area contributed by atoms with E-state index in [0.717, 1.165) is 25.9 Å². The van der Waals surface area contributed by atoms with E-state index in [4.69, 9.17) is 0 Å². The normalized spacial score (nSPS) is 23.9. The molecular formula is C10H18N2OS. The zero-order valence-corrected chi connectivity index (χ0v) is 9.31. The Balaban J connectivity index is 1.75. The highest BCUT2D eigenvalue weighted by molar-refractivity contribution is 7.99. The second-order valence-corrected chi connectivity index (χ2v) is 5.26. The van der Waals surface area contributed by atoms with Crippen LogP contribution in [0.3, 0.4) is 0 Å². The second kappa shape index (κ2) is 4.91. The number of amides is 2. The van der Waals surface area contributed by atoms with E-state index in [1.54, 1.807) is 0 Å². The monoisotopic (exact) mass is 214 g/mol. The highest BCUT2D eigenvalue weighted by Gasteiger charge is 2.21. The van der Waals surface area contributed by atoms with Gasteiger partial charge in [0.25, 0.3) is 0 Å². The Kier molecular flexibility index (Phi) is 3.56. The number of likely N-dealkylation sites (tertiary alicyclic amines) is 1. The van der Waals surface area contributed by atoms with Crippen LogP contribution in [0.1, 0.15) is 25.7 Å². The number of carbonyl (C=O) groups is 1. The van der Waals surface area contributed by atoms with E-state index in [2.05, 4.69) is 5.32 Å². The fraction of sp³-hybridized carbons (Fsp3) is 0.900. The van der Waals surface area contributed by atoms with Gasteiger partial charge in [0.15, 0.2) is 0 Å². The summed E-state index contributed by atoms with van der Waals surface area (Å²) in [6.07, 6.45) is 4.64. The largest absolute Gasteiger partial charge is 0.335 e. The van der Waals surface area contributed by atoms with Gasteiger partial charge in [-0.3, -0.25) is 0 Å². The number of nitrogens with one attached hydrogen (secondary N) is 1. The number of hydrogen-bond acceptors (Lipinski definition) is 2. The van der Waals surface area contributed by atoms with Crippen molar-refractivity contribution in [3.63, 3.8) is 0 Å². The molecule has 4 heteroatoms. The minimum atomic E-state index is 0.166. The van der Waals surface area contributed by atoms with Gasteiger partial charge in [-0.25, -0.2) is 4.79 Å². The molecule has 2 rings (SSSR count). The molecule has 0 unspecified atom stereocenters. The number of carbonyl (C=O) groups excluding carboxylic acids is 1. The lowest BCUT2D eigenvalue weighted by Gasteiger charge is -2.25. The van der Waals surface area contributed by atoms with Crippen molar-refractivity contribution in [1.29, 1.82) is 0 Å². The average Bonchev–Trinajstić information content (AvgIpc) is 2.72. The number of rotatable bonds is 1. The molecule has 0 aromatic heterocycles. The zero-order valence-electron chi connectivity index (χ0n) is 8.50.